The molecule has 1 atom stereocenters. The average molecular weight is 424 g/mol. The van der Waals surface area contributed by atoms with E-state index in [-0.39, 0.29) is 17.8 Å². The molecule has 28 heavy (non-hydrogen) atoms. The number of benzene rings is 1. The molecular weight excluding hydrogens is 397 g/mol. The largest absolute Gasteiger partial charge is 0.369 e. The Morgan fingerprint density at radius 3 is 2.64 bits per heavy atom. The van der Waals surface area contributed by atoms with E-state index < -0.39 is 0 Å². The van der Waals surface area contributed by atoms with Crippen molar-refractivity contribution in [3.63, 3.8) is 0 Å². The molecule has 152 valence electrons. The van der Waals surface area contributed by atoms with Gasteiger partial charge in [-0.2, -0.15) is 0 Å². The predicted molar refractivity (Wildman–Crippen MR) is 115 cm³/mol. The monoisotopic (exact) mass is 423 g/mol. The molecule has 1 fully saturated rings. The number of nitrogens with zero attached hydrogens (tertiary/aromatic N) is 2. The first kappa shape index (κ1) is 21.1. The fraction of sp³-hybridized carbons (Fsp3) is 0.476. The average Bonchev–Trinajstić information content (AvgIpc) is 3.11. The number of anilines is 1. The van der Waals surface area contributed by atoms with Gasteiger partial charge in [0.05, 0.1) is 10.4 Å². The van der Waals surface area contributed by atoms with Crippen molar-refractivity contribution in [1.29, 1.82) is 0 Å². The molecule has 2 aromatic rings. The maximum atomic E-state index is 13.9. The first-order valence-electron chi connectivity index (χ1n) is 9.76. The van der Waals surface area contributed by atoms with Gasteiger partial charge in [-0.05, 0) is 50.2 Å². The van der Waals surface area contributed by atoms with Crippen LogP contribution in [-0.2, 0) is 11.2 Å². The molecule has 2 heterocycles. The van der Waals surface area contributed by atoms with Crippen molar-refractivity contribution in [1.82, 2.24) is 10.2 Å². The van der Waals surface area contributed by atoms with Gasteiger partial charge in [0.1, 0.15) is 5.82 Å². The molecule has 0 aliphatic carbocycles. The van der Waals surface area contributed by atoms with Crippen LogP contribution in [0.15, 0.2) is 30.3 Å². The van der Waals surface area contributed by atoms with Crippen LogP contribution in [0.2, 0.25) is 4.34 Å². The number of halogens is 2. The Hall–Kier alpha value is -1.63. The number of piperazine rings is 1. The third kappa shape index (κ3) is 5.46. The quantitative estimate of drug-likeness (QED) is 0.712. The zero-order chi connectivity index (χ0) is 20.1. The highest BCUT2D eigenvalue weighted by Crippen LogP contribution is 2.29. The van der Waals surface area contributed by atoms with Gasteiger partial charge >= 0.3 is 0 Å². The molecule has 1 aliphatic heterocycles. The normalized spacial score (nSPS) is 16.2. The lowest BCUT2D eigenvalue weighted by molar-refractivity contribution is -0.121. The minimum absolute atomic E-state index is 0.0389. The summed E-state index contributed by atoms with van der Waals surface area (Å²) in [5.41, 5.74) is 1.84. The van der Waals surface area contributed by atoms with E-state index in [4.69, 9.17) is 11.6 Å². The SMILES string of the molecule is CCN1CCN(c2ccc(F)cc2C(C)NC(=O)CCc2ccc(Cl)s2)CC1. The number of hydrogen-bond acceptors (Lipinski definition) is 4. The van der Waals surface area contributed by atoms with Crippen molar-refractivity contribution in [2.45, 2.75) is 32.7 Å². The third-order valence-corrected chi connectivity index (χ3v) is 6.51. The van der Waals surface area contributed by atoms with E-state index in [1.807, 2.05) is 25.1 Å². The summed E-state index contributed by atoms with van der Waals surface area (Å²) >= 11 is 7.43. The highest BCUT2D eigenvalue weighted by atomic mass is 35.5. The smallest absolute Gasteiger partial charge is 0.220 e. The molecule has 1 aromatic carbocycles. The van der Waals surface area contributed by atoms with E-state index in [2.05, 4.69) is 22.0 Å². The number of carbonyl (C=O) groups excluding carboxylic acids is 1. The molecule has 0 radical (unpaired) electrons. The molecule has 1 saturated heterocycles. The fourth-order valence-electron chi connectivity index (χ4n) is 3.58. The molecule has 7 heteroatoms. The Morgan fingerprint density at radius 2 is 2.00 bits per heavy atom. The number of likely N-dealkylation sites (N-methyl/N-ethyl adjacent to an activating group) is 1. The number of hydrogen-bond donors (Lipinski definition) is 1. The topological polar surface area (TPSA) is 35.6 Å². The molecule has 3 rings (SSSR count). The Balaban J connectivity index is 1.64. The van der Waals surface area contributed by atoms with Gasteiger partial charge < -0.3 is 15.1 Å². The van der Waals surface area contributed by atoms with Crippen LogP contribution in [0.25, 0.3) is 0 Å². The highest BCUT2D eigenvalue weighted by molar-refractivity contribution is 7.16. The van der Waals surface area contributed by atoms with Crippen molar-refractivity contribution in [3.05, 3.63) is 50.9 Å². The van der Waals surface area contributed by atoms with Crippen molar-refractivity contribution in [2.24, 2.45) is 0 Å². The lowest BCUT2D eigenvalue weighted by Crippen LogP contribution is -2.46. The predicted octanol–water partition coefficient (Wildman–Crippen LogP) is 4.49. The van der Waals surface area contributed by atoms with Gasteiger partial charge in [-0.25, -0.2) is 4.39 Å². The first-order valence-corrected chi connectivity index (χ1v) is 11.0. The first-order chi connectivity index (χ1) is 13.5. The number of rotatable bonds is 7. The van der Waals surface area contributed by atoms with Gasteiger partial charge in [-0.3, -0.25) is 4.79 Å². The van der Waals surface area contributed by atoms with Crippen LogP contribution in [0.3, 0.4) is 0 Å². The van der Waals surface area contributed by atoms with E-state index in [0.29, 0.717) is 12.8 Å². The van der Waals surface area contributed by atoms with Crippen molar-refractivity contribution in [2.75, 3.05) is 37.6 Å². The Labute approximate surface area is 175 Å². The van der Waals surface area contributed by atoms with Gasteiger partial charge in [-0.15, -0.1) is 11.3 Å². The number of carbonyl (C=O) groups is 1. The van der Waals surface area contributed by atoms with Crippen molar-refractivity contribution in [3.8, 4) is 0 Å². The molecule has 1 aromatic heterocycles. The van der Waals surface area contributed by atoms with E-state index in [0.717, 1.165) is 53.2 Å². The maximum Gasteiger partial charge on any atom is 0.220 e. The molecule has 0 bridgehead atoms. The van der Waals surface area contributed by atoms with Gasteiger partial charge in [0.2, 0.25) is 5.91 Å². The minimum atomic E-state index is -0.278. The molecule has 0 spiro atoms. The standard InChI is InChI=1S/C21H27ClFN3OS/c1-3-25-10-12-26(13-11-25)19-7-4-16(23)14-18(19)15(2)24-21(27)9-6-17-5-8-20(22)28-17/h4-5,7-8,14-15H,3,6,9-13H2,1-2H3,(H,24,27). The summed E-state index contributed by atoms with van der Waals surface area (Å²) in [6.07, 6.45) is 1.05. The summed E-state index contributed by atoms with van der Waals surface area (Å²) in [6, 6.07) is 8.42. The molecule has 1 N–H and O–H groups in total. The van der Waals surface area contributed by atoms with Gasteiger partial charge in [0.15, 0.2) is 0 Å². The minimum Gasteiger partial charge on any atom is -0.369 e. The number of nitrogens with one attached hydrogen (secondary N) is 1. The molecule has 1 aliphatic rings. The summed E-state index contributed by atoms with van der Waals surface area (Å²) in [5.74, 6) is -0.316. The second-order valence-electron chi connectivity index (χ2n) is 7.12. The number of aryl methyl sites for hydroxylation is 1. The summed E-state index contributed by atoms with van der Waals surface area (Å²) in [7, 11) is 0. The van der Waals surface area contributed by atoms with Crippen molar-refractivity contribution >= 4 is 34.5 Å². The van der Waals surface area contributed by atoms with Crippen LogP contribution in [0, 0.1) is 5.82 Å². The fourth-order valence-corrected chi connectivity index (χ4v) is 4.67. The van der Waals surface area contributed by atoms with Gasteiger partial charge in [0.25, 0.3) is 0 Å². The zero-order valence-corrected chi connectivity index (χ0v) is 18.0. The van der Waals surface area contributed by atoms with Gasteiger partial charge in [0, 0.05) is 48.7 Å². The summed E-state index contributed by atoms with van der Waals surface area (Å²) < 4.78 is 14.7. The van der Waals surface area contributed by atoms with Crippen LogP contribution in [-0.4, -0.2) is 43.5 Å². The van der Waals surface area contributed by atoms with E-state index in [9.17, 15) is 9.18 Å². The zero-order valence-electron chi connectivity index (χ0n) is 16.4. The van der Waals surface area contributed by atoms with E-state index in [1.54, 1.807) is 6.07 Å². The van der Waals surface area contributed by atoms with Crippen molar-refractivity contribution < 1.29 is 9.18 Å². The van der Waals surface area contributed by atoms with E-state index >= 15 is 0 Å². The summed E-state index contributed by atoms with van der Waals surface area (Å²) in [4.78, 5) is 18.2. The summed E-state index contributed by atoms with van der Waals surface area (Å²) in [6.45, 7) is 8.95. The molecular formula is C21H27ClFN3OS. The van der Waals surface area contributed by atoms with Crippen LogP contribution in [0.4, 0.5) is 10.1 Å². The summed E-state index contributed by atoms with van der Waals surface area (Å²) in [5, 5.41) is 3.03. The number of thiophene rings is 1. The highest BCUT2D eigenvalue weighted by Gasteiger charge is 2.21. The molecule has 0 saturated carbocycles. The molecule has 1 unspecified atom stereocenters. The molecule has 1 amide bonds. The van der Waals surface area contributed by atoms with Crippen LogP contribution in [0.1, 0.15) is 36.8 Å². The second-order valence-corrected chi connectivity index (χ2v) is 8.92. The van der Waals surface area contributed by atoms with Crippen LogP contribution in [0.5, 0.6) is 0 Å². The van der Waals surface area contributed by atoms with Gasteiger partial charge in [-0.1, -0.05) is 18.5 Å². The second kappa shape index (κ2) is 9.72. The lowest BCUT2D eigenvalue weighted by atomic mass is 10.0. The Morgan fingerprint density at radius 1 is 1.25 bits per heavy atom. The maximum absolute atomic E-state index is 13.9. The molecule has 4 nitrogen and oxygen atoms in total. The Bertz CT molecular complexity index is 805. The van der Waals surface area contributed by atoms with Crippen LogP contribution < -0.4 is 10.2 Å². The lowest BCUT2D eigenvalue weighted by Gasteiger charge is -2.37. The van der Waals surface area contributed by atoms with Crippen LogP contribution >= 0.6 is 22.9 Å². The third-order valence-electron chi connectivity index (χ3n) is 5.22. The Kier molecular flexibility index (Phi) is 7.32. The number of amides is 1. The van der Waals surface area contributed by atoms with E-state index in [1.165, 1.54) is 17.4 Å².